The molecular formula is C20H23NO4. The first-order chi connectivity index (χ1) is 11.9. The van der Waals surface area contributed by atoms with Gasteiger partial charge < -0.3 is 15.2 Å². The molecule has 0 heterocycles. The number of hydrogen-bond donors (Lipinski definition) is 2. The molecule has 5 heteroatoms. The standard InChI is InChI=1S/C20H23NO4/c1-14(2)25-18-10-5-16(6-11-18)13-21-19(22)12-7-15-3-8-17(9-4-15)20(23)24/h3-6,8-11,14H,7,12-13H2,1-2H3,(H,21,22)(H,23,24). The number of hydrogen-bond acceptors (Lipinski definition) is 3. The van der Waals surface area contributed by atoms with Crippen LogP contribution >= 0.6 is 0 Å². The van der Waals surface area contributed by atoms with E-state index < -0.39 is 5.97 Å². The fourth-order valence-corrected chi connectivity index (χ4v) is 2.32. The summed E-state index contributed by atoms with van der Waals surface area (Å²) in [4.78, 5) is 22.7. The summed E-state index contributed by atoms with van der Waals surface area (Å²) in [5.74, 6) is -0.172. The summed E-state index contributed by atoms with van der Waals surface area (Å²) in [7, 11) is 0. The first-order valence-electron chi connectivity index (χ1n) is 8.28. The van der Waals surface area contributed by atoms with E-state index in [-0.39, 0.29) is 17.6 Å². The van der Waals surface area contributed by atoms with E-state index in [9.17, 15) is 9.59 Å². The number of carbonyl (C=O) groups is 2. The van der Waals surface area contributed by atoms with Crippen LogP contribution in [0.3, 0.4) is 0 Å². The van der Waals surface area contributed by atoms with Gasteiger partial charge in [-0.15, -0.1) is 0 Å². The molecule has 0 bridgehead atoms. The molecular weight excluding hydrogens is 318 g/mol. The minimum Gasteiger partial charge on any atom is -0.491 e. The van der Waals surface area contributed by atoms with Gasteiger partial charge in [0.15, 0.2) is 0 Å². The van der Waals surface area contributed by atoms with E-state index in [1.807, 2.05) is 38.1 Å². The number of aryl methyl sites for hydroxylation is 1. The Morgan fingerprint density at radius 1 is 1.00 bits per heavy atom. The van der Waals surface area contributed by atoms with Gasteiger partial charge in [-0.2, -0.15) is 0 Å². The van der Waals surface area contributed by atoms with Crippen molar-refractivity contribution in [3.05, 3.63) is 65.2 Å². The average Bonchev–Trinajstić information content (AvgIpc) is 2.59. The minimum absolute atomic E-state index is 0.0372. The number of nitrogens with one attached hydrogen (secondary N) is 1. The van der Waals surface area contributed by atoms with Crippen LogP contribution in [-0.2, 0) is 17.8 Å². The van der Waals surface area contributed by atoms with E-state index in [0.29, 0.717) is 19.4 Å². The fourth-order valence-electron chi connectivity index (χ4n) is 2.32. The van der Waals surface area contributed by atoms with Crippen LogP contribution in [0.4, 0.5) is 0 Å². The second kappa shape index (κ2) is 8.87. The highest BCUT2D eigenvalue weighted by molar-refractivity contribution is 5.87. The molecule has 2 aromatic carbocycles. The first-order valence-corrected chi connectivity index (χ1v) is 8.28. The Morgan fingerprint density at radius 2 is 1.60 bits per heavy atom. The second-order valence-electron chi connectivity index (χ2n) is 6.09. The van der Waals surface area contributed by atoms with E-state index in [0.717, 1.165) is 16.9 Å². The van der Waals surface area contributed by atoms with Crippen LogP contribution in [-0.4, -0.2) is 23.1 Å². The molecule has 0 saturated heterocycles. The summed E-state index contributed by atoms with van der Waals surface area (Å²) in [5, 5.41) is 11.7. The SMILES string of the molecule is CC(C)Oc1ccc(CNC(=O)CCc2ccc(C(=O)O)cc2)cc1. The molecule has 0 spiro atoms. The van der Waals surface area contributed by atoms with Gasteiger partial charge in [0.2, 0.25) is 5.91 Å². The lowest BCUT2D eigenvalue weighted by molar-refractivity contribution is -0.121. The monoisotopic (exact) mass is 341 g/mol. The van der Waals surface area contributed by atoms with E-state index >= 15 is 0 Å². The van der Waals surface area contributed by atoms with Crippen LogP contribution in [0.2, 0.25) is 0 Å². The quantitative estimate of drug-likeness (QED) is 0.771. The van der Waals surface area contributed by atoms with Gasteiger partial charge in [-0.25, -0.2) is 4.79 Å². The number of aromatic carboxylic acids is 1. The van der Waals surface area contributed by atoms with Crippen molar-refractivity contribution in [2.24, 2.45) is 0 Å². The third kappa shape index (κ3) is 6.30. The van der Waals surface area contributed by atoms with Crippen LogP contribution in [0.25, 0.3) is 0 Å². The number of carboxylic acids is 1. The summed E-state index contributed by atoms with van der Waals surface area (Å²) in [6.45, 7) is 4.42. The van der Waals surface area contributed by atoms with E-state index in [4.69, 9.17) is 9.84 Å². The molecule has 0 fully saturated rings. The highest BCUT2D eigenvalue weighted by Crippen LogP contribution is 2.14. The van der Waals surface area contributed by atoms with Crippen molar-refractivity contribution in [1.29, 1.82) is 0 Å². The van der Waals surface area contributed by atoms with Gasteiger partial charge in [0.05, 0.1) is 11.7 Å². The maximum atomic E-state index is 11.9. The number of carbonyl (C=O) groups excluding carboxylic acids is 1. The summed E-state index contributed by atoms with van der Waals surface area (Å²) >= 11 is 0. The predicted octanol–water partition coefficient (Wildman–Crippen LogP) is 3.42. The molecule has 0 saturated carbocycles. The van der Waals surface area contributed by atoms with E-state index in [1.54, 1.807) is 24.3 Å². The molecule has 2 rings (SSSR count). The normalized spacial score (nSPS) is 10.5. The number of benzene rings is 2. The summed E-state index contributed by atoms with van der Waals surface area (Å²) < 4.78 is 5.58. The maximum absolute atomic E-state index is 11.9. The number of ether oxygens (including phenoxy) is 1. The topological polar surface area (TPSA) is 75.6 Å². The van der Waals surface area contributed by atoms with Gasteiger partial charge in [0.1, 0.15) is 5.75 Å². The molecule has 1 amide bonds. The molecule has 2 aromatic rings. The van der Waals surface area contributed by atoms with Crippen molar-refractivity contribution >= 4 is 11.9 Å². The fraction of sp³-hybridized carbons (Fsp3) is 0.300. The molecule has 0 unspecified atom stereocenters. The van der Waals surface area contributed by atoms with Crippen molar-refractivity contribution in [2.75, 3.05) is 0 Å². The summed E-state index contributed by atoms with van der Waals surface area (Å²) in [6, 6.07) is 14.2. The van der Waals surface area contributed by atoms with Crippen molar-refractivity contribution in [1.82, 2.24) is 5.32 Å². The largest absolute Gasteiger partial charge is 0.491 e. The second-order valence-corrected chi connectivity index (χ2v) is 6.09. The van der Waals surface area contributed by atoms with Gasteiger partial charge >= 0.3 is 5.97 Å². The van der Waals surface area contributed by atoms with Crippen LogP contribution in [0.1, 0.15) is 41.8 Å². The molecule has 25 heavy (non-hydrogen) atoms. The van der Waals surface area contributed by atoms with Gasteiger partial charge in [-0.3, -0.25) is 4.79 Å². The average molecular weight is 341 g/mol. The van der Waals surface area contributed by atoms with Gasteiger partial charge in [-0.05, 0) is 55.7 Å². The predicted molar refractivity (Wildman–Crippen MR) is 95.8 cm³/mol. The van der Waals surface area contributed by atoms with Crippen molar-refractivity contribution in [2.45, 2.75) is 39.3 Å². The van der Waals surface area contributed by atoms with Crippen LogP contribution in [0.15, 0.2) is 48.5 Å². The summed E-state index contributed by atoms with van der Waals surface area (Å²) in [6.07, 6.45) is 1.07. The van der Waals surface area contributed by atoms with Crippen molar-refractivity contribution in [3.63, 3.8) is 0 Å². The number of carboxylic acid groups (broad SMARTS) is 1. The van der Waals surface area contributed by atoms with Gasteiger partial charge in [0, 0.05) is 13.0 Å². The highest BCUT2D eigenvalue weighted by Gasteiger charge is 2.05. The maximum Gasteiger partial charge on any atom is 0.335 e. The zero-order valence-corrected chi connectivity index (χ0v) is 14.5. The Balaban J connectivity index is 1.75. The van der Waals surface area contributed by atoms with E-state index in [1.165, 1.54) is 0 Å². The molecule has 0 aliphatic heterocycles. The third-order valence-corrected chi connectivity index (χ3v) is 3.63. The molecule has 2 N–H and O–H groups in total. The lowest BCUT2D eigenvalue weighted by atomic mass is 10.1. The highest BCUT2D eigenvalue weighted by atomic mass is 16.5. The Labute approximate surface area is 147 Å². The lowest BCUT2D eigenvalue weighted by Gasteiger charge is -2.10. The van der Waals surface area contributed by atoms with Crippen LogP contribution < -0.4 is 10.1 Å². The molecule has 0 aliphatic rings. The Hall–Kier alpha value is -2.82. The Kier molecular flexibility index (Phi) is 6.57. The van der Waals surface area contributed by atoms with E-state index in [2.05, 4.69) is 5.32 Å². The first kappa shape index (κ1) is 18.5. The zero-order valence-electron chi connectivity index (χ0n) is 14.5. The molecule has 132 valence electrons. The molecule has 0 radical (unpaired) electrons. The van der Waals surface area contributed by atoms with Gasteiger partial charge in [0.25, 0.3) is 0 Å². The minimum atomic E-state index is -0.950. The lowest BCUT2D eigenvalue weighted by Crippen LogP contribution is -2.23. The van der Waals surface area contributed by atoms with Crippen molar-refractivity contribution < 1.29 is 19.4 Å². The van der Waals surface area contributed by atoms with Crippen LogP contribution in [0, 0.1) is 0 Å². The van der Waals surface area contributed by atoms with Gasteiger partial charge in [-0.1, -0.05) is 24.3 Å². The Morgan fingerprint density at radius 3 is 2.16 bits per heavy atom. The third-order valence-electron chi connectivity index (χ3n) is 3.63. The zero-order chi connectivity index (χ0) is 18.2. The number of rotatable bonds is 8. The molecule has 5 nitrogen and oxygen atoms in total. The van der Waals surface area contributed by atoms with Crippen molar-refractivity contribution in [3.8, 4) is 5.75 Å². The number of amides is 1. The Bertz CT molecular complexity index is 705. The molecule has 0 aromatic heterocycles. The molecule has 0 atom stereocenters. The summed E-state index contributed by atoms with van der Waals surface area (Å²) in [5.41, 5.74) is 2.20. The molecule has 0 aliphatic carbocycles. The van der Waals surface area contributed by atoms with Crippen LogP contribution in [0.5, 0.6) is 5.75 Å². The smallest absolute Gasteiger partial charge is 0.335 e.